The summed E-state index contributed by atoms with van der Waals surface area (Å²) < 4.78 is 0. The van der Waals surface area contributed by atoms with Gasteiger partial charge in [0, 0.05) is 5.02 Å². The van der Waals surface area contributed by atoms with Crippen LogP contribution in [0.2, 0.25) is 5.02 Å². The van der Waals surface area contributed by atoms with Crippen LogP contribution in [0.5, 0.6) is 0 Å². The molecule has 0 saturated heterocycles. The third kappa shape index (κ3) is 2.55. The van der Waals surface area contributed by atoms with Crippen molar-refractivity contribution in [1.29, 1.82) is 0 Å². The van der Waals surface area contributed by atoms with Gasteiger partial charge in [-0.05, 0) is 18.2 Å². The number of benzene rings is 1. The smallest absolute Gasteiger partial charge is 0.335 e. The van der Waals surface area contributed by atoms with Gasteiger partial charge in [0.15, 0.2) is 0 Å². The molecule has 1 N–H and O–H groups in total. The van der Waals surface area contributed by atoms with Gasteiger partial charge in [-0.2, -0.15) is 0 Å². The Hall–Kier alpha value is -1.09. The monoisotopic (exact) mass is 176 g/mol. The van der Waals surface area contributed by atoms with Crippen molar-refractivity contribution in [2.24, 2.45) is 0 Å². The van der Waals surface area contributed by atoms with Crippen LogP contribution in [0.4, 0.5) is 4.70 Å². The molecule has 11 heavy (non-hydrogen) atoms. The van der Waals surface area contributed by atoms with Crippen molar-refractivity contribution in [3.05, 3.63) is 34.9 Å². The van der Waals surface area contributed by atoms with E-state index >= 15 is 0 Å². The van der Waals surface area contributed by atoms with E-state index in [1.165, 1.54) is 12.1 Å². The van der Waals surface area contributed by atoms with Crippen LogP contribution >= 0.6 is 11.6 Å². The van der Waals surface area contributed by atoms with Crippen molar-refractivity contribution >= 4 is 17.6 Å². The Morgan fingerprint density at radius 2 is 2.09 bits per heavy atom. The van der Waals surface area contributed by atoms with Crippen LogP contribution < -0.4 is 0 Å². The molecule has 60 valence electrons. The second-order valence-electron chi connectivity index (χ2n) is 1.82. The van der Waals surface area contributed by atoms with Gasteiger partial charge in [0.05, 0.1) is 5.56 Å². The lowest BCUT2D eigenvalue weighted by Crippen LogP contribution is -1.94. The molecule has 0 aliphatic heterocycles. The third-order valence-electron chi connectivity index (χ3n) is 1.07. The number of carboxylic acids is 1. The summed E-state index contributed by atoms with van der Waals surface area (Å²) in [4.78, 5) is 10.3. The molecule has 0 aromatic heterocycles. The summed E-state index contributed by atoms with van der Waals surface area (Å²) in [7, 11) is 0. The largest absolute Gasteiger partial charge is 0.478 e. The van der Waals surface area contributed by atoms with Gasteiger partial charge in [-0.3, -0.25) is 4.70 Å². The molecule has 1 aromatic carbocycles. The van der Waals surface area contributed by atoms with Crippen molar-refractivity contribution in [3.8, 4) is 0 Å². The Labute approximate surface area is 67.8 Å². The molecule has 0 radical (unpaired) electrons. The third-order valence-corrected chi connectivity index (χ3v) is 1.31. The predicted molar refractivity (Wildman–Crippen MR) is 40.9 cm³/mol. The quantitative estimate of drug-likeness (QED) is 0.712. The van der Waals surface area contributed by atoms with E-state index in [-0.39, 0.29) is 10.3 Å². The predicted octanol–water partition coefficient (Wildman–Crippen LogP) is 2.19. The molecule has 0 heterocycles. The van der Waals surface area contributed by atoms with Crippen molar-refractivity contribution < 1.29 is 14.6 Å². The lowest BCUT2D eigenvalue weighted by Gasteiger charge is -1.92. The van der Waals surface area contributed by atoms with Gasteiger partial charge in [-0.25, -0.2) is 4.79 Å². The second-order valence-corrected chi connectivity index (χ2v) is 2.25. The highest BCUT2D eigenvalue weighted by molar-refractivity contribution is 6.30. The highest BCUT2D eigenvalue weighted by Crippen LogP contribution is 2.09. The Bertz CT molecular complexity index is 262. The molecule has 0 spiro atoms. The highest BCUT2D eigenvalue weighted by atomic mass is 35.5. The van der Waals surface area contributed by atoms with Gasteiger partial charge in [0.25, 0.3) is 0 Å². The number of carbonyl (C=O) groups is 1. The minimum absolute atomic E-state index is 0. The summed E-state index contributed by atoms with van der Waals surface area (Å²) in [6.45, 7) is 0. The average Bonchev–Trinajstić information content (AvgIpc) is 1.88. The SMILES string of the molecule is F.O=C(O)c1cccc(Cl)c1. The van der Waals surface area contributed by atoms with Crippen LogP contribution in [0.25, 0.3) is 0 Å². The van der Waals surface area contributed by atoms with Crippen LogP contribution in [0.1, 0.15) is 10.4 Å². The second kappa shape index (κ2) is 3.93. The molecule has 0 fully saturated rings. The molecule has 0 aliphatic rings. The van der Waals surface area contributed by atoms with Crippen LogP contribution in [0, 0.1) is 0 Å². The van der Waals surface area contributed by atoms with E-state index in [4.69, 9.17) is 16.7 Å². The maximum atomic E-state index is 10.3. The molecule has 1 rings (SSSR count). The number of carboxylic acid groups (broad SMARTS) is 1. The molecular formula is C7H6ClFO2. The van der Waals surface area contributed by atoms with Gasteiger partial charge >= 0.3 is 5.97 Å². The minimum Gasteiger partial charge on any atom is -0.478 e. The van der Waals surface area contributed by atoms with Crippen molar-refractivity contribution in [2.75, 3.05) is 0 Å². The van der Waals surface area contributed by atoms with Crippen LogP contribution in [-0.2, 0) is 0 Å². The van der Waals surface area contributed by atoms with Gasteiger partial charge in [0.1, 0.15) is 0 Å². The summed E-state index contributed by atoms with van der Waals surface area (Å²) in [6, 6.07) is 6.14. The summed E-state index contributed by atoms with van der Waals surface area (Å²) in [6.07, 6.45) is 0. The summed E-state index contributed by atoms with van der Waals surface area (Å²) >= 11 is 5.53. The van der Waals surface area contributed by atoms with Crippen molar-refractivity contribution in [2.45, 2.75) is 0 Å². The van der Waals surface area contributed by atoms with E-state index < -0.39 is 5.97 Å². The van der Waals surface area contributed by atoms with Crippen LogP contribution in [0.3, 0.4) is 0 Å². The van der Waals surface area contributed by atoms with Crippen LogP contribution in [0.15, 0.2) is 24.3 Å². The highest BCUT2D eigenvalue weighted by Gasteiger charge is 2.00. The first-order valence-corrected chi connectivity index (χ1v) is 3.07. The number of hydrogen-bond acceptors (Lipinski definition) is 1. The molecule has 0 saturated carbocycles. The summed E-state index contributed by atoms with van der Waals surface area (Å²) in [5.74, 6) is -0.956. The number of aromatic carboxylic acids is 1. The molecule has 0 unspecified atom stereocenters. The Balaban J connectivity index is 0.000001000. The van der Waals surface area contributed by atoms with Gasteiger partial charge in [0.2, 0.25) is 0 Å². The fourth-order valence-corrected chi connectivity index (χ4v) is 0.812. The molecule has 4 heteroatoms. The number of halogens is 2. The van der Waals surface area contributed by atoms with E-state index in [9.17, 15) is 4.79 Å². The number of hydrogen-bond donors (Lipinski definition) is 1. The summed E-state index contributed by atoms with van der Waals surface area (Å²) in [5.41, 5.74) is 0.215. The Morgan fingerprint density at radius 1 is 1.45 bits per heavy atom. The summed E-state index contributed by atoms with van der Waals surface area (Å²) in [5, 5.41) is 8.89. The lowest BCUT2D eigenvalue weighted by atomic mass is 10.2. The Kier molecular flexibility index (Phi) is 3.54. The number of rotatable bonds is 1. The zero-order valence-electron chi connectivity index (χ0n) is 5.45. The van der Waals surface area contributed by atoms with E-state index in [0.717, 1.165) is 0 Å². The Morgan fingerprint density at radius 3 is 2.45 bits per heavy atom. The van der Waals surface area contributed by atoms with Crippen molar-refractivity contribution in [3.63, 3.8) is 0 Å². The maximum absolute atomic E-state index is 10.3. The molecule has 0 atom stereocenters. The molecular weight excluding hydrogens is 171 g/mol. The zero-order valence-corrected chi connectivity index (χ0v) is 6.21. The molecule has 0 amide bonds. The van der Waals surface area contributed by atoms with Gasteiger partial charge in [-0.15, -0.1) is 0 Å². The van der Waals surface area contributed by atoms with E-state index in [2.05, 4.69) is 0 Å². The van der Waals surface area contributed by atoms with E-state index in [1.807, 2.05) is 0 Å². The first-order valence-electron chi connectivity index (χ1n) is 2.69. The van der Waals surface area contributed by atoms with Gasteiger partial charge in [-0.1, -0.05) is 17.7 Å². The van der Waals surface area contributed by atoms with E-state index in [1.54, 1.807) is 12.1 Å². The maximum Gasteiger partial charge on any atom is 0.335 e. The average molecular weight is 177 g/mol. The molecule has 2 nitrogen and oxygen atoms in total. The standard InChI is InChI=1S/C7H5ClO2.FH/c8-6-3-1-2-5(4-6)7(9)10;/h1-4H,(H,9,10);1H. The topological polar surface area (TPSA) is 37.3 Å². The van der Waals surface area contributed by atoms with E-state index in [0.29, 0.717) is 5.02 Å². The zero-order chi connectivity index (χ0) is 7.56. The lowest BCUT2D eigenvalue weighted by molar-refractivity contribution is 0.0697. The fourth-order valence-electron chi connectivity index (χ4n) is 0.622. The molecule has 0 aliphatic carbocycles. The minimum atomic E-state index is -0.956. The van der Waals surface area contributed by atoms with Crippen molar-refractivity contribution in [1.82, 2.24) is 0 Å². The molecule has 0 bridgehead atoms. The fraction of sp³-hybridized carbons (Fsp3) is 0. The first kappa shape index (κ1) is 9.91. The van der Waals surface area contributed by atoms with Gasteiger partial charge < -0.3 is 5.11 Å². The molecule has 1 aromatic rings. The normalized spacial score (nSPS) is 8.45. The first-order chi connectivity index (χ1) is 4.70. The van der Waals surface area contributed by atoms with Crippen LogP contribution in [-0.4, -0.2) is 11.1 Å².